The highest BCUT2D eigenvalue weighted by molar-refractivity contribution is 6.03. The Morgan fingerprint density at radius 1 is 1.21 bits per heavy atom. The van der Waals surface area contributed by atoms with Crippen molar-refractivity contribution in [1.82, 2.24) is 5.32 Å². The van der Waals surface area contributed by atoms with Gasteiger partial charge in [0.05, 0.1) is 18.2 Å². The van der Waals surface area contributed by atoms with Crippen molar-refractivity contribution in [2.75, 3.05) is 11.4 Å². The zero-order valence-electron chi connectivity index (χ0n) is 15.1. The molecule has 1 aliphatic heterocycles. The molecule has 0 fully saturated rings. The molecule has 0 aliphatic carbocycles. The van der Waals surface area contributed by atoms with E-state index in [1.807, 2.05) is 0 Å². The molecule has 28 heavy (non-hydrogen) atoms. The second-order valence-corrected chi connectivity index (χ2v) is 6.42. The second kappa shape index (κ2) is 8.08. The summed E-state index contributed by atoms with van der Waals surface area (Å²) in [7, 11) is 0. The number of aliphatic carboxylic acids is 1. The normalized spacial score (nSPS) is 16.7. The molecule has 0 spiro atoms. The van der Waals surface area contributed by atoms with Crippen molar-refractivity contribution in [2.24, 2.45) is 0 Å². The third kappa shape index (κ3) is 4.28. The highest BCUT2D eigenvalue weighted by Crippen LogP contribution is 2.33. The van der Waals surface area contributed by atoms with Gasteiger partial charge in [-0.2, -0.15) is 0 Å². The zero-order valence-corrected chi connectivity index (χ0v) is 15.1. The molecule has 0 saturated heterocycles. The van der Waals surface area contributed by atoms with Gasteiger partial charge in [0.1, 0.15) is 18.1 Å². The maximum atomic E-state index is 13.1. The number of rotatable bonds is 6. The van der Waals surface area contributed by atoms with Crippen LogP contribution in [0.15, 0.2) is 48.5 Å². The fraction of sp³-hybridized carbons (Fsp3) is 0.250. The number of benzene rings is 2. The van der Waals surface area contributed by atoms with Gasteiger partial charge in [0.25, 0.3) is 5.91 Å². The van der Waals surface area contributed by atoms with E-state index in [0.29, 0.717) is 17.0 Å². The summed E-state index contributed by atoms with van der Waals surface area (Å²) in [5.41, 5.74) is 0.927. The quantitative estimate of drug-likeness (QED) is 0.794. The van der Waals surface area contributed by atoms with Crippen LogP contribution in [0, 0.1) is 5.82 Å². The molecular weight excluding hydrogens is 367 g/mol. The van der Waals surface area contributed by atoms with Crippen LogP contribution >= 0.6 is 0 Å². The Balaban J connectivity index is 1.78. The molecule has 2 amide bonds. The smallest absolute Gasteiger partial charge is 0.305 e. The Hall–Kier alpha value is -3.42. The van der Waals surface area contributed by atoms with Crippen LogP contribution in [0.25, 0.3) is 0 Å². The number of carboxylic acids is 1. The lowest BCUT2D eigenvalue weighted by atomic mass is 10.0. The number of hydrogen-bond donors (Lipinski definition) is 2. The molecule has 8 heteroatoms. The van der Waals surface area contributed by atoms with Crippen molar-refractivity contribution in [3.05, 3.63) is 59.9 Å². The summed E-state index contributed by atoms with van der Waals surface area (Å²) in [4.78, 5) is 37.6. The van der Waals surface area contributed by atoms with Crippen LogP contribution in [0.3, 0.4) is 0 Å². The van der Waals surface area contributed by atoms with Crippen molar-refractivity contribution < 1.29 is 28.6 Å². The van der Waals surface area contributed by atoms with E-state index < -0.39 is 29.8 Å². The van der Waals surface area contributed by atoms with Gasteiger partial charge >= 0.3 is 5.97 Å². The number of amides is 2. The lowest BCUT2D eigenvalue weighted by Gasteiger charge is -2.32. The predicted molar refractivity (Wildman–Crippen MR) is 98.4 cm³/mol. The molecule has 0 radical (unpaired) electrons. The monoisotopic (exact) mass is 386 g/mol. The van der Waals surface area contributed by atoms with Gasteiger partial charge in [-0.15, -0.1) is 0 Å². The lowest BCUT2D eigenvalue weighted by Crippen LogP contribution is -2.49. The summed E-state index contributed by atoms with van der Waals surface area (Å²) in [5.74, 6) is -1.99. The number of ether oxygens (including phenoxy) is 1. The van der Waals surface area contributed by atoms with E-state index in [1.54, 1.807) is 31.2 Å². The van der Waals surface area contributed by atoms with E-state index in [0.717, 1.165) is 0 Å². The Bertz CT molecular complexity index is 900. The number of nitrogens with one attached hydrogen (secondary N) is 1. The average Bonchev–Trinajstić information content (AvgIpc) is 2.65. The Morgan fingerprint density at radius 3 is 2.57 bits per heavy atom. The minimum absolute atomic E-state index is 0.291. The fourth-order valence-corrected chi connectivity index (χ4v) is 3.03. The van der Waals surface area contributed by atoms with Gasteiger partial charge in [-0.05, 0) is 36.8 Å². The van der Waals surface area contributed by atoms with Crippen molar-refractivity contribution in [1.29, 1.82) is 0 Å². The van der Waals surface area contributed by atoms with E-state index in [9.17, 15) is 18.8 Å². The largest absolute Gasteiger partial charge is 0.481 e. The summed E-state index contributed by atoms with van der Waals surface area (Å²) >= 11 is 0. The van der Waals surface area contributed by atoms with Crippen LogP contribution in [0.2, 0.25) is 0 Å². The summed E-state index contributed by atoms with van der Waals surface area (Å²) < 4.78 is 18.7. The van der Waals surface area contributed by atoms with Crippen LogP contribution < -0.4 is 15.0 Å². The zero-order chi connectivity index (χ0) is 20.3. The van der Waals surface area contributed by atoms with Crippen LogP contribution in [-0.2, 0) is 14.4 Å². The number of anilines is 1. The first-order chi connectivity index (χ1) is 13.3. The minimum Gasteiger partial charge on any atom is -0.481 e. The van der Waals surface area contributed by atoms with Crippen molar-refractivity contribution >= 4 is 23.5 Å². The number of nitrogens with zero attached hydrogens (tertiary/aromatic N) is 1. The SMILES string of the molecule is C[C@@H]1Oc2ccccc2N(CC(=O)N[C@H](CC(=O)O)c2ccc(F)cc2)C1=O. The van der Waals surface area contributed by atoms with E-state index in [-0.39, 0.29) is 18.9 Å². The number of halogens is 1. The van der Waals surface area contributed by atoms with E-state index in [1.165, 1.54) is 29.2 Å². The molecule has 7 nitrogen and oxygen atoms in total. The summed E-state index contributed by atoms with van der Waals surface area (Å²) in [6.45, 7) is 1.30. The molecule has 2 N–H and O–H groups in total. The van der Waals surface area contributed by atoms with Gasteiger partial charge in [0.15, 0.2) is 6.10 Å². The molecule has 0 unspecified atom stereocenters. The molecule has 0 saturated carbocycles. The molecule has 1 heterocycles. The molecule has 1 aliphatic rings. The molecule has 2 atom stereocenters. The second-order valence-electron chi connectivity index (χ2n) is 6.42. The van der Waals surface area contributed by atoms with Crippen LogP contribution in [0.5, 0.6) is 5.75 Å². The topological polar surface area (TPSA) is 95.9 Å². The maximum Gasteiger partial charge on any atom is 0.305 e. The first kappa shape index (κ1) is 19.3. The number of carbonyl (C=O) groups is 3. The third-order valence-electron chi connectivity index (χ3n) is 4.36. The minimum atomic E-state index is -1.11. The summed E-state index contributed by atoms with van der Waals surface area (Å²) in [6, 6.07) is 11.2. The third-order valence-corrected chi connectivity index (χ3v) is 4.36. The van der Waals surface area contributed by atoms with Crippen molar-refractivity contribution in [3.8, 4) is 5.75 Å². The maximum absolute atomic E-state index is 13.1. The van der Waals surface area contributed by atoms with Crippen LogP contribution in [0.4, 0.5) is 10.1 Å². The highest BCUT2D eigenvalue weighted by Gasteiger charge is 2.33. The molecular formula is C20H19FN2O5. The first-order valence-corrected chi connectivity index (χ1v) is 8.69. The van der Waals surface area contributed by atoms with E-state index in [4.69, 9.17) is 9.84 Å². The molecule has 2 aromatic rings. The van der Waals surface area contributed by atoms with Crippen molar-refractivity contribution in [3.63, 3.8) is 0 Å². The van der Waals surface area contributed by atoms with Gasteiger partial charge in [-0.1, -0.05) is 24.3 Å². The molecule has 0 aromatic heterocycles. The van der Waals surface area contributed by atoms with Crippen molar-refractivity contribution in [2.45, 2.75) is 25.5 Å². The van der Waals surface area contributed by atoms with E-state index in [2.05, 4.69) is 5.32 Å². The highest BCUT2D eigenvalue weighted by atomic mass is 19.1. The molecule has 146 valence electrons. The van der Waals surface area contributed by atoms with Gasteiger partial charge in [-0.25, -0.2) is 4.39 Å². The summed E-state index contributed by atoms with van der Waals surface area (Å²) in [6.07, 6.45) is -1.11. The van der Waals surface area contributed by atoms with Gasteiger partial charge in [-0.3, -0.25) is 19.3 Å². The molecule has 0 bridgehead atoms. The van der Waals surface area contributed by atoms with Gasteiger partial charge < -0.3 is 15.2 Å². The number of carboxylic acid groups (broad SMARTS) is 1. The van der Waals surface area contributed by atoms with Gasteiger partial charge in [0.2, 0.25) is 5.91 Å². The Labute approximate surface area is 160 Å². The average molecular weight is 386 g/mol. The van der Waals surface area contributed by atoms with Crippen LogP contribution in [0.1, 0.15) is 24.9 Å². The van der Waals surface area contributed by atoms with Gasteiger partial charge in [0, 0.05) is 0 Å². The fourth-order valence-electron chi connectivity index (χ4n) is 3.03. The standard InChI is InChI=1S/C20H19FN2O5/c1-12-20(27)23(16-4-2-3-5-17(16)28-12)11-18(24)22-15(10-19(25)26)13-6-8-14(21)9-7-13/h2-9,12,15H,10-11H2,1H3,(H,22,24)(H,25,26)/t12-,15+/m0/s1. The predicted octanol–water partition coefficient (Wildman–Crippen LogP) is 2.27. The number of fused-ring (bicyclic) bond motifs is 1. The number of carbonyl (C=O) groups excluding carboxylic acids is 2. The van der Waals surface area contributed by atoms with E-state index >= 15 is 0 Å². The Morgan fingerprint density at radius 2 is 1.89 bits per heavy atom. The molecule has 3 rings (SSSR count). The Kier molecular flexibility index (Phi) is 5.58. The first-order valence-electron chi connectivity index (χ1n) is 8.69. The summed E-state index contributed by atoms with van der Waals surface area (Å²) in [5, 5.41) is 11.8. The molecule has 2 aromatic carbocycles. The number of hydrogen-bond acceptors (Lipinski definition) is 4. The lowest BCUT2D eigenvalue weighted by molar-refractivity contribution is -0.138. The van der Waals surface area contributed by atoms with Crippen LogP contribution in [-0.4, -0.2) is 35.5 Å². The number of para-hydroxylation sites is 2.